The van der Waals surface area contributed by atoms with Crippen molar-refractivity contribution in [1.29, 1.82) is 0 Å². The maximum absolute atomic E-state index is 13.2. The molecule has 32 heavy (non-hydrogen) atoms. The molecule has 0 N–H and O–H groups in total. The van der Waals surface area contributed by atoms with Gasteiger partial charge in [-0.1, -0.05) is 24.3 Å². The summed E-state index contributed by atoms with van der Waals surface area (Å²) < 4.78 is 5.87. The quantitative estimate of drug-likeness (QED) is 0.583. The first-order chi connectivity index (χ1) is 15.7. The lowest BCUT2D eigenvalue weighted by Gasteiger charge is -2.36. The van der Waals surface area contributed by atoms with Crippen molar-refractivity contribution in [2.24, 2.45) is 5.92 Å². The summed E-state index contributed by atoms with van der Waals surface area (Å²) in [6.07, 6.45) is 7.56. The molecule has 1 unspecified atom stereocenters. The van der Waals surface area contributed by atoms with Crippen LogP contribution in [0.25, 0.3) is 0 Å². The molecule has 3 fully saturated rings. The zero-order chi connectivity index (χ0) is 22.2. The summed E-state index contributed by atoms with van der Waals surface area (Å²) in [5, 5.41) is 1.98. The summed E-state index contributed by atoms with van der Waals surface area (Å²) in [6.45, 7) is 10.4. The smallest absolute Gasteiger partial charge is 0.224 e. The van der Waals surface area contributed by atoms with Gasteiger partial charge >= 0.3 is 0 Å². The summed E-state index contributed by atoms with van der Waals surface area (Å²) >= 11 is 0. The molecule has 0 aromatic heterocycles. The zero-order valence-electron chi connectivity index (χ0n) is 19.8. The Morgan fingerprint density at radius 3 is 2.59 bits per heavy atom. The van der Waals surface area contributed by atoms with Crippen LogP contribution < -0.4 is 0 Å². The third-order valence-corrected chi connectivity index (χ3v) is 7.29. The lowest BCUT2D eigenvalue weighted by atomic mass is 9.95. The predicted octanol–water partition coefficient (Wildman–Crippen LogP) is 3.63. The lowest BCUT2D eigenvalue weighted by Crippen LogP contribution is -2.44. The maximum atomic E-state index is 13.2. The molecule has 0 radical (unpaired) electrons. The average molecular weight is 444 g/mol. The minimum Gasteiger partial charge on any atom is -0.376 e. The van der Waals surface area contributed by atoms with Crippen LogP contribution in [0.3, 0.4) is 0 Å². The van der Waals surface area contributed by atoms with E-state index in [-0.39, 0.29) is 12.0 Å². The molecule has 6 nitrogen and oxygen atoms in total. The van der Waals surface area contributed by atoms with Gasteiger partial charge in [0.25, 0.3) is 0 Å². The number of likely N-dealkylation sites (tertiary alicyclic amines) is 1. The first-order valence-electron chi connectivity index (χ1n) is 12.7. The molecule has 4 rings (SSSR count). The zero-order valence-corrected chi connectivity index (χ0v) is 19.8. The lowest BCUT2D eigenvalue weighted by molar-refractivity contribution is -0.182. The molecule has 1 atom stereocenters. The van der Waals surface area contributed by atoms with Crippen LogP contribution in [-0.4, -0.2) is 79.4 Å². The van der Waals surface area contributed by atoms with Crippen LogP contribution in [0.5, 0.6) is 0 Å². The number of hydrogen-bond donors (Lipinski definition) is 0. The van der Waals surface area contributed by atoms with E-state index in [1.165, 1.54) is 11.1 Å². The SMILES string of the molecule is Cc1ccccc1CN1CCC(CN(CC2CCCO2)C(=O)CCN2CCCCO2)CC1. The van der Waals surface area contributed by atoms with Gasteiger partial charge in [-0.05, 0) is 75.6 Å². The standard InChI is InChI=1S/C26H41N3O3/c1-22-7-2-3-8-24(22)20-27-14-10-23(11-15-27)19-28(21-25-9-6-17-31-25)26(30)12-16-29-13-4-5-18-32-29/h2-3,7-8,23,25H,4-6,9-21H2,1H3. The largest absolute Gasteiger partial charge is 0.376 e. The van der Waals surface area contributed by atoms with Crippen molar-refractivity contribution in [3.63, 3.8) is 0 Å². The fraction of sp³-hybridized carbons (Fsp3) is 0.731. The van der Waals surface area contributed by atoms with Gasteiger partial charge in [0.15, 0.2) is 0 Å². The van der Waals surface area contributed by atoms with Crippen LogP contribution in [0, 0.1) is 12.8 Å². The predicted molar refractivity (Wildman–Crippen MR) is 126 cm³/mol. The van der Waals surface area contributed by atoms with Gasteiger partial charge in [-0.3, -0.25) is 14.5 Å². The number of piperidine rings is 1. The number of benzene rings is 1. The van der Waals surface area contributed by atoms with Crippen LogP contribution in [0.4, 0.5) is 0 Å². The van der Waals surface area contributed by atoms with E-state index in [4.69, 9.17) is 9.57 Å². The van der Waals surface area contributed by atoms with E-state index in [9.17, 15) is 4.79 Å². The van der Waals surface area contributed by atoms with Crippen molar-refractivity contribution in [1.82, 2.24) is 14.9 Å². The van der Waals surface area contributed by atoms with Gasteiger partial charge in [0.2, 0.25) is 5.91 Å². The highest BCUT2D eigenvalue weighted by Crippen LogP contribution is 2.23. The first-order valence-corrected chi connectivity index (χ1v) is 12.7. The van der Waals surface area contributed by atoms with Crippen molar-refractivity contribution >= 4 is 5.91 Å². The number of ether oxygens (including phenoxy) is 1. The second-order valence-electron chi connectivity index (χ2n) is 9.80. The molecule has 0 bridgehead atoms. The van der Waals surface area contributed by atoms with Crippen molar-refractivity contribution in [2.45, 2.75) is 64.5 Å². The number of nitrogens with zero attached hydrogens (tertiary/aromatic N) is 3. The van der Waals surface area contributed by atoms with Crippen molar-refractivity contribution in [3.8, 4) is 0 Å². The molecule has 0 saturated carbocycles. The minimum atomic E-state index is 0.214. The average Bonchev–Trinajstić information content (AvgIpc) is 3.34. The van der Waals surface area contributed by atoms with Crippen molar-refractivity contribution < 1.29 is 14.4 Å². The summed E-state index contributed by atoms with van der Waals surface area (Å²) in [5.41, 5.74) is 2.81. The molecule has 1 amide bonds. The van der Waals surface area contributed by atoms with Gasteiger partial charge in [-0.15, -0.1) is 0 Å². The number of rotatable bonds is 9. The first kappa shape index (κ1) is 23.7. The second kappa shape index (κ2) is 12.1. The van der Waals surface area contributed by atoms with E-state index in [1.807, 2.05) is 5.06 Å². The van der Waals surface area contributed by atoms with E-state index in [0.29, 0.717) is 18.9 Å². The fourth-order valence-corrected chi connectivity index (χ4v) is 5.18. The van der Waals surface area contributed by atoms with Gasteiger partial charge in [0, 0.05) is 45.8 Å². The molecule has 1 aromatic carbocycles. The van der Waals surface area contributed by atoms with Gasteiger partial charge in [0.05, 0.1) is 12.7 Å². The number of hydrogen-bond acceptors (Lipinski definition) is 5. The number of carbonyl (C=O) groups excluding carboxylic acids is 1. The fourth-order valence-electron chi connectivity index (χ4n) is 5.18. The third kappa shape index (κ3) is 7.01. The monoisotopic (exact) mass is 443 g/mol. The Morgan fingerprint density at radius 1 is 1.03 bits per heavy atom. The Balaban J connectivity index is 1.26. The van der Waals surface area contributed by atoms with Gasteiger partial charge < -0.3 is 9.64 Å². The maximum Gasteiger partial charge on any atom is 0.224 e. The molecule has 0 spiro atoms. The highest BCUT2D eigenvalue weighted by molar-refractivity contribution is 5.76. The summed E-state index contributed by atoms with van der Waals surface area (Å²) in [4.78, 5) is 23.5. The minimum absolute atomic E-state index is 0.214. The Bertz CT molecular complexity index is 708. The summed E-state index contributed by atoms with van der Waals surface area (Å²) in [5.74, 6) is 0.844. The molecule has 0 aliphatic carbocycles. The Kier molecular flexibility index (Phi) is 8.97. The third-order valence-electron chi connectivity index (χ3n) is 7.29. The van der Waals surface area contributed by atoms with Crippen LogP contribution in [0.1, 0.15) is 56.1 Å². The topological polar surface area (TPSA) is 45.2 Å². The van der Waals surface area contributed by atoms with Gasteiger partial charge in [-0.2, -0.15) is 5.06 Å². The van der Waals surface area contributed by atoms with Crippen molar-refractivity contribution in [2.75, 3.05) is 52.5 Å². The molecule has 1 aromatic rings. The second-order valence-corrected chi connectivity index (χ2v) is 9.80. The molecule has 178 valence electrons. The Morgan fingerprint density at radius 2 is 1.88 bits per heavy atom. The highest BCUT2D eigenvalue weighted by atomic mass is 16.7. The Hall–Kier alpha value is -1.47. The normalized spacial score (nSPS) is 23.5. The molecule has 3 saturated heterocycles. The highest BCUT2D eigenvalue weighted by Gasteiger charge is 2.27. The number of carbonyl (C=O) groups is 1. The van der Waals surface area contributed by atoms with Crippen LogP contribution in [-0.2, 0) is 20.9 Å². The van der Waals surface area contributed by atoms with E-state index in [0.717, 1.165) is 91.0 Å². The van der Waals surface area contributed by atoms with Crippen LogP contribution >= 0.6 is 0 Å². The van der Waals surface area contributed by atoms with Crippen LogP contribution in [0.2, 0.25) is 0 Å². The van der Waals surface area contributed by atoms with E-state index in [2.05, 4.69) is 41.0 Å². The summed E-state index contributed by atoms with van der Waals surface area (Å²) in [7, 11) is 0. The number of amides is 1. The molecule has 3 aliphatic rings. The van der Waals surface area contributed by atoms with Crippen molar-refractivity contribution in [3.05, 3.63) is 35.4 Å². The molecular weight excluding hydrogens is 402 g/mol. The number of aryl methyl sites for hydroxylation is 1. The van der Waals surface area contributed by atoms with E-state index < -0.39 is 0 Å². The van der Waals surface area contributed by atoms with E-state index in [1.54, 1.807) is 0 Å². The Labute approximate surface area is 193 Å². The van der Waals surface area contributed by atoms with Crippen LogP contribution in [0.15, 0.2) is 24.3 Å². The summed E-state index contributed by atoms with van der Waals surface area (Å²) in [6, 6.07) is 8.70. The molecular formula is C26H41N3O3. The van der Waals surface area contributed by atoms with Gasteiger partial charge in [0.1, 0.15) is 0 Å². The molecule has 3 heterocycles. The molecule has 6 heteroatoms. The van der Waals surface area contributed by atoms with E-state index >= 15 is 0 Å². The van der Waals surface area contributed by atoms with Gasteiger partial charge in [-0.25, -0.2) is 0 Å². The number of hydroxylamine groups is 2. The molecule has 3 aliphatic heterocycles.